The van der Waals surface area contributed by atoms with Gasteiger partial charge in [0.05, 0.1) is 12.8 Å². The molecule has 0 saturated heterocycles. The first-order valence-corrected chi connectivity index (χ1v) is 5.17. The third-order valence-electron chi connectivity index (χ3n) is 1.79. The maximum absolute atomic E-state index is 13.0. The van der Waals surface area contributed by atoms with Crippen molar-refractivity contribution in [2.75, 3.05) is 25.6 Å². The van der Waals surface area contributed by atoms with Gasteiger partial charge in [-0.1, -0.05) is 0 Å². The molecule has 4 nitrogen and oxygen atoms in total. The van der Waals surface area contributed by atoms with Crippen LogP contribution >= 0.6 is 0 Å². The fourth-order valence-electron chi connectivity index (χ4n) is 1.18. The minimum absolute atomic E-state index is 0.188. The highest BCUT2D eigenvalue weighted by atomic mass is 19.1. The first-order chi connectivity index (χ1) is 7.63. The van der Waals surface area contributed by atoms with Crippen molar-refractivity contribution in [2.45, 2.75) is 19.9 Å². The molecule has 90 valence electrons. The van der Waals surface area contributed by atoms with Gasteiger partial charge in [0.15, 0.2) is 0 Å². The van der Waals surface area contributed by atoms with Crippen LogP contribution in [0.15, 0.2) is 12.3 Å². The summed E-state index contributed by atoms with van der Waals surface area (Å²) < 4.78 is 23.2. The Morgan fingerprint density at radius 1 is 1.44 bits per heavy atom. The van der Waals surface area contributed by atoms with Crippen molar-refractivity contribution >= 4 is 5.69 Å². The van der Waals surface area contributed by atoms with Gasteiger partial charge < -0.3 is 14.8 Å². The molecule has 0 radical (unpaired) electrons. The van der Waals surface area contributed by atoms with Gasteiger partial charge in [-0.25, -0.2) is 9.37 Å². The molecular formula is C11H17FN2O2. The Morgan fingerprint density at radius 2 is 2.19 bits per heavy atom. The van der Waals surface area contributed by atoms with Gasteiger partial charge in [-0.15, -0.1) is 0 Å². The summed E-state index contributed by atoms with van der Waals surface area (Å²) in [5.74, 6) is 0.00870. The lowest BCUT2D eigenvalue weighted by molar-refractivity contribution is 0.144. The molecule has 0 bridgehead atoms. The fraction of sp³-hybridized carbons (Fsp3) is 0.545. The van der Waals surface area contributed by atoms with E-state index in [-0.39, 0.29) is 11.9 Å². The average Bonchev–Trinajstić information content (AvgIpc) is 2.20. The minimum Gasteiger partial charge on any atom is -0.474 e. The number of aromatic nitrogens is 1. The zero-order valence-electron chi connectivity index (χ0n) is 9.79. The number of ether oxygens (including phenoxy) is 2. The number of rotatable bonds is 6. The Labute approximate surface area is 94.8 Å². The van der Waals surface area contributed by atoms with Gasteiger partial charge in [0, 0.05) is 19.2 Å². The van der Waals surface area contributed by atoms with Crippen LogP contribution in [0, 0.1) is 5.82 Å². The second-order valence-corrected chi connectivity index (χ2v) is 3.65. The molecule has 5 heteroatoms. The van der Waals surface area contributed by atoms with E-state index in [0.29, 0.717) is 24.8 Å². The summed E-state index contributed by atoms with van der Waals surface area (Å²) in [4.78, 5) is 3.89. The molecule has 0 atom stereocenters. The fourth-order valence-corrected chi connectivity index (χ4v) is 1.18. The smallest absolute Gasteiger partial charge is 0.237 e. The molecule has 1 N–H and O–H groups in total. The van der Waals surface area contributed by atoms with Crippen molar-refractivity contribution < 1.29 is 13.9 Å². The normalized spacial score (nSPS) is 10.6. The summed E-state index contributed by atoms with van der Waals surface area (Å²) in [7, 11) is 1.59. The summed E-state index contributed by atoms with van der Waals surface area (Å²) in [6, 6.07) is 1.56. The zero-order valence-corrected chi connectivity index (χ0v) is 9.79. The molecule has 0 spiro atoms. The quantitative estimate of drug-likeness (QED) is 0.757. The number of nitrogens with zero attached hydrogens (tertiary/aromatic N) is 1. The monoisotopic (exact) mass is 228 g/mol. The van der Waals surface area contributed by atoms with Crippen molar-refractivity contribution in [3.63, 3.8) is 0 Å². The maximum Gasteiger partial charge on any atom is 0.237 e. The molecule has 1 rings (SSSR count). The zero-order chi connectivity index (χ0) is 12.0. The maximum atomic E-state index is 13.0. The molecule has 0 amide bonds. The summed E-state index contributed by atoms with van der Waals surface area (Å²) in [5.41, 5.74) is 0.561. The molecule has 1 aromatic heterocycles. The van der Waals surface area contributed by atoms with Crippen LogP contribution in [0.2, 0.25) is 0 Å². The third kappa shape index (κ3) is 4.02. The number of hydrogen-bond donors (Lipinski definition) is 1. The van der Waals surface area contributed by atoms with Crippen LogP contribution in [0.4, 0.5) is 10.1 Å². The molecule has 0 aliphatic heterocycles. The Balaban J connectivity index is 2.72. The van der Waals surface area contributed by atoms with E-state index in [1.807, 2.05) is 13.8 Å². The highest BCUT2D eigenvalue weighted by molar-refractivity contribution is 5.52. The molecule has 16 heavy (non-hydrogen) atoms. The summed E-state index contributed by atoms with van der Waals surface area (Å²) >= 11 is 0. The van der Waals surface area contributed by atoms with Gasteiger partial charge in [0.1, 0.15) is 18.1 Å². The second kappa shape index (κ2) is 6.27. The van der Waals surface area contributed by atoms with Crippen LogP contribution in [0.3, 0.4) is 0 Å². The molecule has 0 aromatic carbocycles. The standard InChI is InChI=1S/C11H17FN2O2/c1-8(2)14-10-6-9(12)7-13-11(10)16-5-4-15-3/h6-8,14H,4-5H2,1-3H3. The van der Waals surface area contributed by atoms with Gasteiger partial charge in [-0.2, -0.15) is 0 Å². The third-order valence-corrected chi connectivity index (χ3v) is 1.79. The lowest BCUT2D eigenvalue weighted by Crippen LogP contribution is -2.13. The first kappa shape index (κ1) is 12.7. The van der Waals surface area contributed by atoms with Crippen molar-refractivity contribution in [2.24, 2.45) is 0 Å². The summed E-state index contributed by atoms with van der Waals surface area (Å²) in [6.45, 7) is 4.79. The summed E-state index contributed by atoms with van der Waals surface area (Å²) in [5, 5.41) is 3.07. The lowest BCUT2D eigenvalue weighted by Gasteiger charge is -2.14. The van der Waals surface area contributed by atoms with E-state index in [9.17, 15) is 4.39 Å². The number of methoxy groups -OCH3 is 1. The van der Waals surface area contributed by atoms with E-state index in [0.717, 1.165) is 6.20 Å². The lowest BCUT2D eigenvalue weighted by atomic mass is 10.3. The van der Waals surface area contributed by atoms with E-state index in [1.54, 1.807) is 7.11 Å². The number of hydrogen-bond acceptors (Lipinski definition) is 4. The van der Waals surface area contributed by atoms with Gasteiger partial charge >= 0.3 is 0 Å². The van der Waals surface area contributed by atoms with Crippen molar-refractivity contribution in [1.82, 2.24) is 4.98 Å². The molecule has 0 fully saturated rings. The number of halogens is 1. The van der Waals surface area contributed by atoms with Crippen LogP contribution in [-0.2, 0) is 4.74 Å². The second-order valence-electron chi connectivity index (χ2n) is 3.65. The molecule has 0 unspecified atom stereocenters. The highest BCUT2D eigenvalue weighted by Gasteiger charge is 2.08. The SMILES string of the molecule is COCCOc1ncc(F)cc1NC(C)C. The van der Waals surface area contributed by atoms with Gasteiger partial charge in [-0.3, -0.25) is 0 Å². The Morgan fingerprint density at radius 3 is 2.81 bits per heavy atom. The predicted molar refractivity (Wildman–Crippen MR) is 60.3 cm³/mol. The van der Waals surface area contributed by atoms with Crippen LogP contribution in [-0.4, -0.2) is 31.3 Å². The van der Waals surface area contributed by atoms with Gasteiger partial charge in [0.25, 0.3) is 0 Å². The van der Waals surface area contributed by atoms with E-state index in [1.165, 1.54) is 6.07 Å². The Hall–Kier alpha value is -1.36. The average molecular weight is 228 g/mol. The number of nitrogens with one attached hydrogen (secondary N) is 1. The molecule has 0 saturated carbocycles. The first-order valence-electron chi connectivity index (χ1n) is 5.17. The number of anilines is 1. The van der Waals surface area contributed by atoms with Gasteiger partial charge in [-0.05, 0) is 13.8 Å². The van der Waals surface area contributed by atoms with E-state index >= 15 is 0 Å². The van der Waals surface area contributed by atoms with Crippen LogP contribution in [0.25, 0.3) is 0 Å². The van der Waals surface area contributed by atoms with E-state index in [2.05, 4.69) is 10.3 Å². The van der Waals surface area contributed by atoms with Gasteiger partial charge in [0.2, 0.25) is 5.88 Å². The van der Waals surface area contributed by atoms with Crippen LogP contribution in [0.5, 0.6) is 5.88 Å². The Kier molecular flexibility index (Phi) is 4.98. The van der Waals surface area contributed by atoms with Crippen molar-refractivity contribution in [1.29, 1.82) is 0 Å². The number of pyridine rings is 1. The minimum atomic E-state index is -0.387. The molecule has 1 heterocycles. The molecule has 0 aliphatic rings. The highest BCUT2D eigenvalue weighted by Crippen LogP contribution is 2.22. The largest absolute Gasteiger partial charge is 0.474 e. The van der Waals surface area contributed by atoms with E-state index in [4.69, 9.17) is 9.47 Å². The topological polar surface area (TPSA) is 43.4 Å². The van der Waals surface area contributed by atoms with Crippen LogP contribution < -0.4 is 10.1 Å². The molecular weight excluding hydrogens is 211 g/mol. The molecule has 1 aromatic rings. The van der Waals surface area contributed by atoms with Crippen molar-refractivity contribution in [3.8, 4) is 5.88 Å². The molecule has 0 aliphatic carbocycles. The summed E-state index contributed by atoms with van der Waals surface area (Å²) in [6.07, 6.45) is 1.13. The van der Waals surface area contributed by atoms with Crippen molar-refractivity contribution in [3.05, 3.63) is 18.1 Å². The predicted octanol–water partition coefficient (Wildman–Crippen LogP) is 2.07. The Bertz CT molecular complexity index is 332. The van der Waals surface area contributed by atoms with Crippen LogP contribution in [0.1, 0.15) is 13.8 Å². The van der Waals surface area contributed by atoms with E-state index < -0.39 is 0 Å².